The molecular formula is C23H13Cl3N2O4. The summed E-state index contributed by atoms with van der Waals surface area (Å²) in [6, 6.07) is 19.2. The summed E-state index contributed by atoms with van der Waals surface area (Å²) in [5, 5.41) is 3.09. The number of carbonyl (C=O) groups excluding carboxylic acids is 3. The number of hydrogen-bond donors (Lipinski definition) is 1. The molecule has 6 nitrogen and oxygen atoms in total. The fourth-order valence-corrected chi connectivity index (χ4v) is 3.73. The Morgan fingerprint density at radius 1 is 0.812 bits per heavy atom. The number of para-hydroxylation sites is 1. The van der Waals surface area contributed by atoms with E-state index in [0.717, 1.165) is 4.90 Å². The number of rotatable bonds is 5. The Hall–Kier alpha value is -3.32. The van der Waals surface area contributed by atoms with Gasteiger partial charge in [0, 0.05) is 15.7 Å². The third-order valence-corrected chi connectivity index (χ3v) is 5.26. The van der Waals surface area contributed by atoms with Gasteiger partial charge in [0.25, 0.3) is 11.8 Å². The van der Waals surface area contributed by atoms with Crippen molar-refractivity contribution in [1.82, 2.24) is 0 Å². The van der Waals surface area contributed by atoms with E-state index in [1.165, 1.54) is 30.3 Å². The molecule has 9 heteroatoms. The number of benzene rings is 3. The molecule has 0 unspecified atom stereocenters. The van der Waals surface area contributed by atoms with Gasteiger partial charge in [-0.3, -0.25) is 9.59 Å². The number of hydrogen-bond acceptors (Lipinski definition) is 5. The number of carbonyl (C=O) groups is 3. The molecule has 0 atom stereocenters. The van der Waals surface area contributed by atoms with Gasteiger partial charge in [-0.15, -0.1) is 0 Å². The summed E-state index contributed by atoms with van der Waals surface area (Å²) >= 11 is 18.1. The van der Waals surface area contributed by atoms with Crippen molar-refractivity contribution in [3.8, 4) is 5.75 Å². The predicted molar refractivity (Wildman–Crippen MR) is 123 cm³/mol. The van der Waals surface area contributed by atoms with E-state index in [1.807, 2.05) is 6.07 Å². The molecule has 0 spiro atoms. The van der Waals surface area contributed by atoms with Crippen LogP contribution in [0.15, 0.2) is 83.5 Å². The second-order valence-corrected chi connectivity index (χ2v) is 7.92. The SMILES string of the molecule is O=C(Oc1ccccc1)c1ccc(NC2=C(Cl)C(=O)N(c3cc(Cl)cc(Cl)c3)C2=O)cc1. The van der Waals surface area contributed by atoms with E-state index >= 15 is 0 Å². The zero-order valence-corrected chi connectivity index (χ0v) is 18.4. The highest BCUT2D eigenvalue weighted by atomic mass is 35.5. The van der Waals surface area contributed by atoms with Crippen LogP contribution in [-0.4, -0.2) is 17.8 Å². The van der Waals surface area contributed by atoms with Crippen molar-refractivity contribution in [3.63, 3.8) is 0 Å². The number of halogens is 3. The summed E-state index contributed by atoms with van der Waals surface area (Å²) in [5.41, 5.74) is 0.851. The van der Waals surface area contributed by atoms with Crippen molar-refractivity contribution >= 4 is 64.0 Å². The molecule has 0 radical (unpaired) electrons. The lowest BCUT2D eigenvalue weighted by Crippen LogP contribution is -2.32. The first-order chi connectivity index (χ1) is 15.3. The fraction of sp³-hybridized carbons (Fsp3) is 0. The molecular weight excluding hydrogens is 475 g/mol. The Morgan fingerprint density at radius 2 is 1.44 bits per heavy atom. The maximum atomic E-state index is 12.9. The van der Waals surface area contributed by atoms with Crippen LogP contribution in [0.3, 0.4) is 0 Å². The van der Waals surface area contributed by atoms with Crippen LogP contribution in [0.4, 0.5) is 11.4 Å². The van der Waals surface area contributed by atoms with E-state index in [0.29, 0.717) is 17.0 Å². The molecule has 1 heterocycles. The molecule has 160 valence electrons. The Morgan fingerprint density at radius 3 is 2.06 bits per heavy atom. The highest BCUT2D eigenvalue weighted by Crippen LogP contribution is 2.33. The molecule has 1 aliphatic heterocycles. The molecule has 0 fully saturated rings. The first-order valence-corrected chi connectivity index (χ1v) is 10.4. The van der Waals surface area contributed by atoms with Crippen molar-refractivity contribution in [2.24, 2.45) is 0 Å². The second-order valence-electron chi connectivity index (χ2n) is 6.67. The normalized spacial score (nSPS) is 13.5. The van der Waals surface area contributed by atoms with Crippen molar-refractivity contribution in [2.45, 2.75) is 0 Å². The van der Waals surface area contributed by atoms with E-state index in [2.05, 4.69) is 5.32 Å². The van der Waals surface area contributed by atoms with Crippen LogP contribution in [0, 0.1) is 0 Å². The molecule has 3 aromatic carbocycles. The van der Waals surface area contributed by atoms with E-state index in [1.54, 1.807) is 36.4 Å². The first-order valence-electron chi connectivity index (χ1n) is 9.22. The molecule has 32 heavy (non-hydrogen) atoms. The minimum Gasteiger partial charge on any atom is -0.423 e. The smallest absolute Gasteiger partial charge is 0.343 e. The van der Waals surface area contributed by atoms with Crippen LogP contribution < -0.4 is 15.0 Å². The highest BCUT2D eigenvalue weighted by molar-refractivity contribution is 6.53. The molecule has 1 aliphatic rings. The van der Waals surface area contributed by atoms with E-state index in [4.69, 9.17) is 39.5 Å². The van der Waals surface area contributed by atoms with E-state index in [-0.39, 0.29) is 26.5 Å². The highest BCUT2D eigenvalue weighted by Gasteiger charge is 2.39. The third-order valence-electron chi connectivity index (χ3n) is 4.48. The second kappa shape index (κ2) is 9.04. The Kier molecular flexibility index (Phi) is 6.19. The van der Waals surface area contributed by atoms with Gasteiger partial charge in [-0.25, -0.2) is 9.69 Å². The average molecular weight is 488 g/mol. The number of nitrogens with zero attached hydrogens (tertiary/aromatic N) is 1. The lowest BCUT2D eigenvalue weighted by Gasteiger charge is -2.16. The number of esters is 1. The number of imide groups is 1. The summed E-state index contributed by atoms with van der Waals surface area (Å²) < 4.78 is 5.29. The Labute approximate surface area is 197 Å². The number of ether oxygens (including phenoxy) is 1. The zero-order valence-electron chi connectivity index (χ0n) is 16.1. The maximum absolute atomic E-state index is 12.9. The number of anilines is 2. The topological polar surface area (TPSA) is 75.7 Å². The molecule has 0 aromatic heterocycles. The molecule has 2 amide bonds. The lowest BCUT2D eigenvalue weighted by molar-refractivity contribution is -0.120. The van der Waals surface area contributed by atoms with Crippen molar-refractivity contribution in [3.05, 3.63) is 99.1 Å². The van der Waals surface area contributed by atoms with Crippen LogP contribution in [0.2, 0.25) is 10.0 Å². The monoisotopic (exact) mass is 486 g/mol. The van der Waals surface area contributed by atoms with Crippen LogP contribution >= 0.6 is 34.8 Å². The van der Waals surface area contributed by atoms with Crippen molar-refractivity contribution < 1.29 is 19.1 Å². The summed E-state index contributed by atoms with van der Waals surface area (Å²) in [7, 11) is 0. The van der Waals surface area contributed by atoms with Gasteiger partial charge >= 0.3 is 5.97 Å². The minimum atomic E-state index is -0.708. The molecule has 0 aliphatic carbocycles. The fourth-order valence-electron chi connectivity index (χ4n) is 3.00. The van der Waals surface area contributed by atoms with Gasteiger partial charge in [0.1, 0.15) is 16.5 Å². The van der Waals surface area contributed by atoms with Gasteiger partial charge in [-0.05, 0) is 54.6 Å². The average Bonchev–Trinajstić information content (AvgIpc) is 2.97. The molecule has 0 bridgehead atoms. The van der Waals surface area contributed by atoms with Crippen LogP contribution in [0.25, 0.3) is 0 Å². The number of nitrogens with one attached hydrogen (secondary N) is 1. The van der Waals surface area contributed by atoms with Gasteiger partial charge in [-0.2, -0.15) is 0 Å². The first kappa shape index (κ1) is 21.9. The summed E-state index contributed by atoms with van der Waals surface area (Å²) in [6.45, 7) is 0. The van der Waals surface area contributed by atoms with E-state index in [9.17, 15) is 14.4 Å². The molecule has 1 N–H and O–H groups in total. The minimum absolute atomic E-state index is 0.104. The molecule has 3 aromatic rings. The summed E-state index contributed by atoms with van der Waals surface area (Å²) in [5.74, 6) is -1.48. The largest absolute Gasteiger partial charge is 0.423 e. The van der Waals surface area contributed by atoms with Crippen LogP contribution in [0.1, 0.15) is 10.4 Å². The Bertz CT molecular complexity index is 1240. The molecule has 0 saturated heterocycles. The van der Waals surface area contributed by atoms with Gasteiger partial charge in [0.2, 0.25) is 0 Å². The molecule has 0 saturated carbocycles. The third kappa shape index (κ3) is 4.48. The van der Waals surface area contributed by atoms with Gasteiger partial charge in [0.05, 0.1) is 11.3 Å². The van der Waals surface area contributed by atoms with Gasteiger partial charge < -0.3 is 10.1 Å². The lowest BCUT2D eigenvalue weighted by atomic mass is 10.2. The zero-order chi connectivity index (χ0) is 22.8. The van der Waals surface area contributed by atoms with Crippen molar-refractivity contribution in [2.75, 3.05) is 10.2 Å². The quantitative estimate of drug-likeness (QED) is 0.286. The van der Waals surface area contributed by atoms with E-state index < -0.39 is 17.8 Å². The standard InChI is InChI=1S/C23H13Cl3N2O4/c24-14-10-15(25)12-17(11-14)28-21(29)19(26)20(22(28)30)27-16-8-6-13(7-9-16)23(31)32-18-4-2-1-3-5-18/h1-12,27H. The van der Waals surface area contributed by atoms with Crippen LogP contribution in [0.5, 0.6) is 5.75 Å². The predicted octanol–water partition coefficient (Wildman–Crippen LogP) is 5.65. The number of amides is 2. The summed E-state index contributed by atoms with van der Waals surface area (Å²) in [4.78, 5) is 38.6. The summed E-state index contributed by atoms with van der Waals surface area (Å²) in [6.07, 6.45) is 0. The maximum Gasteiger partial charge on any atom is 0.343 e. The van der Waals surface area contributed by atoms with Gasteiger partial charge in [0.15, 0.2) is 0 Å². The van der Waals surface area contributed by atoms with Crippen molar-refractivity contribution in [1.29, 1.82) is 0 Å². The van der Waals surface area contributed by atoms with Gasteiger partial charge in [-0.1, -0.05) is 53.0 Å². The molecule has 4 rings (SSSR count). The van der Waals surface area contributed by atoms with Crippen LogP contribution in [-0.2, 0) is 9.59 Å². The Balaban J connectivity index is 1.50.